The Morgan fingerprint density at radius 3 is 2.73 bits per heavy atom. The van der Waals surface area contributed by atoms with Crippen molar-refractivity contribution in [1.29, 1.82) is 0 Å². The lowest BCUT2D eigenvalue weighted by molar-refractivity contribution is 0.418. The van der Waals surface area contributed by atoms with E-state index in [4.69, 9.17) is 4.74 Å². The van der Waals surface area contributed by atoms with Crippen LogP contribution in [-0.4, -0.2) is 22.1 Å². The van der Waals surface area contributed by atoms with E-state index >= 15 is 0 Å². The maximum Gasteiger partial charge on any atom is 0.156 e. The molecule has 2 aromatic rings. The van der Waals surface area contributed by atoms with Crippen LogP contribution >= 0.6 is 15.9 Å². The topological polar surface area (TPSA) is 39.9 Å². The van der Waals surface area contributed by atoms with Crippen LogP contribution in [0, 0.1) is 0 Å². The van der Waals surface area contributed by atoms with Crippen LogP contribution in [0.3, 0.4) is 0 Å². The number of nitrogens with zero attached hydrogens (tertiary/aromatic N) is 3. The molecule has 0 spiro atoms. The molecule has 0 saturated heterocycles. The molecular formula is C10H12BrN3O. The fraction of sp³-hybridized carbons (Fsp3) is 0.400. The molecular weight excluding hydrogens is 258 g/mol. The number of benzene rings is 1. The second kappa shape index (κ2) is 3.81. The van der Waals surface area contributed by atoms with Gasteiger partial charge >= 0.3 is 0 Å². The van der Waals surface area contributed by atoms with Gasteiger partial charge in [-0.15, -0.1) is 5.10 Å². The van der Waals surface area contributed by atoms with Crippen molar-refractivity contribution in [2.75, 3.05) is 7.11 Å². The van der Waals surface area contributed by atoms with E-state index in [0.29, 0.717) is 0 Å². The molecule has 0 atom stereocenters. The third-order valence-electron chi connectivity index (χ3n) is 2.24. The van der Waals surface area contributed by atoms with Crippen LogP contribution in [0.5, 0.6) is 5.75 Å². The van der Waals surface area contributed by atoms with Gasteiger partial charge in [0.1, 0.15) is 11.3 Å². The Morgan fingerprint density at radius 1 is 1.40 bits per heavy atom. The second-order valence-electron chi connectivity index (χ2n) is 3.57. The Morgan fingerprint density at radius 2 is 2.13 bits per heavy atom. The average molecular weight is 270 g/mol. The van der Waals surface area contributed by atoms with Gasteiger partial charge in [-0.3, -0.25) is 0 Å². The fourth-order valence-electron chi connectivity index (χ4n) is 1.51. The normalized spacial score (nSPS) is 11.3. The first-order valence-corrected chi connectivity index (χ1v) is 5.52. The van der Waals surface area contributed by atoms with Crippen LogP contribution in [-0.2, 0) is 0 Å². The quantitative estimate of drug-likeness (QED) is 0.842. The van der Waals surface area contributed by atoms with Crippen molar-refractivity contribution < 1.29 is 4.74 Å². The highest BCUT2D eigenvalue weighted by atomic mass is 79.9. The summed E-state index contributed by atoms with van der Waals surface area (Å²) in [4.78, 5) is 0. The predicted octanol–water partition coefficient (Wildman–Crippen LogP) is 2.78. The molecule has 2 rings (SSSR count). The first-order valence-electron chi connectivity index (χ1n) is 4.72. The highest BCUT2D eigenvalue weighted by molar-refractivity contribution is 9.10. The van der Waals surface area contributed by atoms with Crippen molar-refractivity contribution in [3.63, 3.8) is 0 Å². The molecule has 0 aliphatic carbocycles. The van der Waals surface area contributed by atoms with Gasteiger partial charge in [-0.1, -0.05) is 5.21 Å². The molecule has 5 heteroatoms. The number of aromatic nitrogens is 3. The lowest BCUT2D eigenvalue weighted by Crippen LogP contribution is -2.02. The standard InChI is InChI=1S/C10H12BrN3O/c1-6(2)14-10-7(11)4-5-8(15-3)9(10)12-13-14/h4-6H,1-3H3. The molecule has 1 aromatic heterocycles. The molecule has 1 aromatic carbocycles. The molecule has 0 bridgehead atoms. The molecule has 0 aliphatic rings. The average Bonchev–Trinajstić information content (AvgIpc) is 2.63. The van der Waals surface area contributed by atoms with Crippen LogP contribution in [0.15, 0.2) is 16.6 Å². The summed E-state index contributed by atoms with van der Waals surface area (Å²) in [5.41, 5.74) is 1.77. The molecule has 0 aliphatic heterocycles. The number of ether oxygens (including phenoxy) is 1. The van der Waals surface area contributed by atoms with Crippen molar-refractivity contribution in [2.24, 2.45) is 0 Å². The minimum Gasteiger partial charge on any atom is -0.494 e. The Bertz CT molecular complexity index is 493. The maximum absolute atomic E-state index is 5.24. The van der Waals surface area contributed by atoms with Gasteiger partial charge in [0, 0.05) is 10.5 Å². The van der Waals surface area contributed by atoms with Crippen molar-refractivity contribution in [1.82, 2.24) is 15.0 Å². The van der Waals surface area contributed by atoms with Gasteiger partial charge in [-0.2, -0.15) is 0 Å². The lowest BCUT2D eigenvalue weighted by atomic mass is 10.2. The molecule has 0 amide bonds. The molecule has 0 fully saturated rings. The Labute approximate surface area is 96.3 Å². The predicted molar refractivity (Wildman–Crippen MR) is 62.2 cm³/mol. The molecule has 80 valence electrons. The van der Waals surface area contributed by atoms with E-state index in [-0.39, 0.29) is 6.04 Å². The summed E-state index contributed by atoms with van der Waals surface area (Å²) in [5.74, 6) is 0.750. The zero-order valence-electron chi connectivity index (χ0n) is 8.86. The van der Waals surface area contributed by atoms with Crippen molar-refractivity contribution in [3.05, 3.63) is 16.6 Å². The third-order valence-corrected chi connectivity index (χ3v) is 2.88. The first-order chi connectivity index (χ1) is 7.15. The molecule has 0 saturated carbocycles. The van der Waals surface area contributed by atoms with E-state index in [1.165, 1.54) is 0 Å². The number of fused-ring (bicyclic) bond motifs is 1. The summed E-state index contributed by atoms with van der Waals surface area (Å²) in [6, 6.07) is 4.10. The highest BCUT2D eigenvalue weighted by Crippen LogP contribution is 2.30. The fourth-order valence-corrected chi connectivity index (χ4v) is 2.02. The summed E-state index contributed by atoms with van der Waals surface area (Å²) in [5, 5.41) is 8.25. The number of rotatable bonds is 2. The minimum atomic E-state index is 0.276. The van der Waals surface area contributed by atoms with E-state index in [2.05, 4.69) is 40.1 Å². The van der Waals surface area contributed by atoms with Gasteiger partial charge in [0.25, 0.3) is 0 Å². The summed E-state index contributed by atoms with van der Waals surface area (Å²) in [6.07, 6.45) is 0. The summed E-state index contributed by atoms with van der Waals surface area (Å²) in [6.45, 7) is 4.14. The van der Waals surface area contributed by atoms with Gasteiger partial charge in [-0.25, -0.2) is 4.68 Å². The molecule has 0 N–H and O–H groups in total. The summed E-state index contributed by atoms with van der Waals surface area (Å²) < 4.78 is 8.10. The second-order valence-corrected chi connectivity index (χ2v) is 4.43. The van der Waals surface area contributed by atoms with Crippen LogP contribution < -0.4 is 4.74 Å². The van der Waals surface area contributed by atoms with E-state index in [9.17, 15) is 0 Å². The van der Waals surface area contributed by atoms with Crippen LogP contribution in [0.25, 0.3) is 11.0 Å². The number of hydrogen-bond acceptors (Lipinski definition) is 3. The SMILES string of the molecule is COc1ccc(Br)c2c1nnn2C(C)C. The van der Waals surface area contributed by atoms with E-state index in [1.807, 2.05) is 16.8 Å². The van der Waals surface area contributed by atoms with Crippen LogP contribution in [0.1, 0.15) is 19.9 Å². The van der Waals surface area contributed by atoms with Crippen LogP contribution in [0.2, 0.25) is 0 Å². The summed E-state index contributed by atoms with van der Waals surface area (Å²) >= 11 is 3.50. The number of hydrogen-bond donors (Lipinski definition) is 0. The van der Waals surface area contributed by atoms with E-state index in [1.54, 1.807) is 7.11 Å². The molecule has 15 heavy (non-hydrogen) atoms. The maximum atomic E-state index is 5.24. The van der Waals surface area contributed by atoms with Gasteiger partial charge in [0.2, 0.25) is 0 Å². The first kappa shape index (κ1) is 10.4. The molecule has 4 nitrogen and oxygen atoms in total. The molecule has 0 radical (unpaired) electrons. The Hall–Kier alpha value is -1.10. The Balaban J connectivity index is 2.79. The zero-order chi connectivity index (χ0) is 11.0. The van der Waals surface area contributed by atoms with Gasteiger partial charge in [0.05, 0.1) is 7.11 Å². The third kappa shape index (κ3) is 1.61. The van der Waals surface area contributed by atoms with Gasteiger partial charge in [0.15, 0.2) is 5.52 Å². The number of halogens is 1. The van der Waals surface area contributed by atoms with Crippen molar-refractivity contribution in [2.45, 2.75) is 19.9 Å². The monoisotopic (exact) mass is 269 g/mol. The molecule has 0 unspecified atom stereocenters. The highest BCUT2D eigenvalue weighted by Gasteiger charge is 2.14. The van der Waals surface area contributed by atoms with Crippen molar-refractivity contribution >= 4 is 27.0 Å². The van der Waals surface area contributed by atoms with Gasteiger partial charge in [-0.05, 0) is 41.9 Å². The number of methoxy groups -OCH3 is 1. The van der Waals surface area contributed by atoms with E-state index < -0.39 is 0 Å². The largest absolute Gasteiger partial charge is 0.494 e. The van der Waals surface area contributed by atoms with Crippen molar-refractivity contribution in [3.8, 4) is 5.75 Å². The summed E-state index contributed by atoms with van der Waals surface area (Å²) in [7, 11) is 1.64. The smallest absolute Gasteiger partial charge is 0.156 e. The minimum absolute atomic E-state index is 0.276. The van der Waals surface area contributed by atoms with Gasteiger partial charge < -0.3 is 4.74 Å². The Kier molecular flexibility index (Phi) is 2.65. The zero-order valence-corrected chi connectivity index (χ0v) is 10.4. The molecule has 1 heterocycles. The lowest BCUT2D eigenvalue weighted by Gasteiger charge is -2.07. The van der Waals surface area contributed by atoms with Crippen LogP contribution in [0.4, 0.5) is 0 Å². The van der Waals surface area contributed by atoms with E-state index in [0.717, 1.165) is 21.3 Å².